The van der Waals surface area contributed by atoms with Crippen LogP contribution in [0.25, 0.3) is 11.1 Å². The Hall–Kier alpha value is -2.34. The van der Waals surface area contributed by atoms with Gasteiger partial charge in [0.25, 0.3) is 0 Å². The van der Waals surface area contributed by atoms with Crippen LogP contribution in [0.2, 0.25) is 0 Å². The van der Waals surface area contributed by atoms with E-state index in [4.69, 9.17) is 5.11 Å². The SMILES string of the molecule is CS(=O)(=O)Nc1ccc(-c2cccc(C(=O)O)c2)cc1. The van der Waals surface area contributed by atoms with Crippen molar-refractivity contribution in [2.24, 2.45) is 0 Å². The summed E-state index contributed by atoms with van der Waals surface area (Å²) in [5.41, 5.74) is 2.24. The fourth-order valence-electron chi connectivity index (χ4n) is 1.78. The molecule has 2 rings (SSSR count). The van der Waals surface area contributed by atoms with Crippen LogP contribution in [0.4, 0.5) is 5.69 Å². The first-order chi connectivity index (χ1) is 9.35. The van der Waals surface area contributed by atoms with Crippen LogP contribution in [-0.2, 0) is 10.0 Å². The molecule has 0 aliphatic rings. The summed E-state index contributed by atoms with van der Waals surface area (Å²) in [6, 6.07) is 13.3. The molecular weight excluding hydrogens is 278 g/mol. The van der Waals surface area contributed by atoms with Gasteiger partial charge in [-0.1, -0.05) is 24.3 Å². The lowest BCUT2D eigenvalue weighted by atomic mass is 10.0. The molecule has 0 atom stereocenters. The number of benzene rings is 2. The zero-order valence-electron chi connectivity index (χ0n) is 10.7. The Bertz CT molecular complexity index is 736. The van der Waals surface area contributed by atoms with Crippen LogP contribution in [-0.4, -0.2) is 25.7 Å². The average Bonchev–Trinajstić information content (AvgIpc) is 2.38. The number of carbonyl (C=O) groups is 1. The van der Waals surface area contributed by atoms with Crippen molar-refractivity contribution in [1.82, 2.24) is 0 Å². The molecule has 0 unspecified atom stereocenters. The Kier molecular flexibility index (Phi) is 3.76. The molecule has 0 aliphatic heterocycles. The van der Waals surface area contributed by atoms with Gasteiger partial charge in [-0.25, -0.2) is 13.2 Å². The molecule has 0 fully saturated rings. The third kappa shape index (κ3) is 3.58. The third-order valence-electron chi connectivity index (χ3n) is 2.63. The van der Waals surface area contributed by atoms with E-state index in [1.807, 2.05) is 0 Å². The van der Waals surface area contributed by atoms with E-state index in [0.29, 0.717) is 5.69 Å². The van der Waals surface area contributed by atoms with Crippen LogP contribution >= 0.6 is 0 Å². The van der Waals surface area contributed by atoms with Gasteiger partial charge in [-0.3, -0.25) is 4.72 Å². The number of carboxylic acids is 1. The van der Waals surface area contributed by atoms with Crippen LogP contribution in [0, 0.1) is 0 Å². The molecule has 0 heterocycles. The molecule has 20 heavy (non-hydrogen) atoms. The molecule has 2 aromatic carbocycles. The molecule has 0 saturated carbocycles. The van der Waals surface area contributed by atoms with Crippen molar-refractivity contribution in [3.63, 3.8) is 0 Å². The summed E-state index contributed by atoms with van der Waals surface area (Å²) in [4.78, 5) is 10.9. The number of rotatable bonds is 4. The van der Waals surface area contributed by atoms with Gasteiger partial charge in [-0.15, -0.1) is 0 Å². The minimum absolute atomic E-state index is 0.209. The molecular formula is C14H13NO4S. The Balaban J connectivity index is 2.30. The Labute approximate surface area is 116 Å². The van der Waals surface area contributed by atoms with E-state index in [-0.39, 0.29) is 5.56 Å². The second-order valence-electron chi connectivity index (χ2n) is 4.34. The minimum Gasteiger partial charge on any atom is -0.478 e. The van der Waals surface area contributed by atoms with Crippen molar-refractivity contribution in [1.29, 1.82) is 0 Å². The lowest BCUT2D eigenvalue weighted by Crippen LogP contribution is -2.09. The Morgan fingerprint density at radius 1 is 1.05 bits per heavy atom. The lowest BCUT2D eigenvalue weighted by molar-refractivity contribution is 0.0697. The highest BCUT2D eigenvalue weighted by atomic mass is 32.2. The van der Waals surface area contributed by atoms with Gasteiger partial charge >= 0.3 is 5.97 Å². The van der Waals surface area contributed by atoms with Gasteiger partial charge in [0, 0.05) is 5.69 Å². The van der Waals surface area contributed by atoms with E-state index in [9.17, 15) is 13.2 Å². The highest BCUT2D eigenvalue weighted by molar-refractivity contribution is 7.92. The molecule has 6 heteroatoms. The normalized spacial score (nSPS) is 11.1. The van der Waals surface area contributed by atoms with E-state index < -0.39 is 16.0 Å². The Morgan fingerprint density at radius 3 is 2.25 bits per heavy atom. The molecule has 0 bridgehead atoms. The smallest absolute Gasteiger partial charge is 0.335 e. The molecule has 2 aromatic rings. The molecule has 0 aliphatic carbocycles. The summed E-state index contributed by atoms with van der Waals surface area (Å²) in [5, 5.41) is 8.95. The highest BCUT2D eigenvalue weighted by Gasteiger charge is 2.06. The second kappa shape index (κ2) is 5.34. The van der Waals surface area contributed by atoms with Gasteiger partial charge in [0.05, 0.1) is 11.8 Å². The van der Waals surface area contributed by atoms with Crippen LogP contribution in [0.5, 0.6) is 0 Å². The summed E-state index contributed by atoms with van der Waals surface area (Å²) in [6.45, 7) is 0. The molecule has 0 saturated heterocycles. The van der Waals surface area contributed by atoms with Gasteiger partial charge in [-0.2, -0.15) is 0 Å². The number of nitrogens with one attached hydrogen (secondary N) is 1. The first-order valence-electron chi connectivity index (χ1n) is 5.77. The maximum atomic E-state index is 11.1. The summed E-state index contributed by atoms with van der Waals surface area (Å²) < 4.78 is 24.6. The number of carboxylic acid groups (broad SMARTS) is 1. The van der Waals surface area contributed by atoms with Gasteiger partial charge in [-0.05, 0) is 35.4 Å². The van der Waals surface area contributed by atoms with Crippen molar-refractivity contribution in [3.05, 3.63) is 54.1 Å². The van der Waals surface area contributed by atoms with Crippen molar-refractivity contribution < 1.29 is 18.3 Å². The summed E-state index contributed by atoms with van der Waals surface area (Å²) >= 11 is 0. The molecule has 0 spiro atoms. The van der Waals surface area contributed by atoms with Crippen molar-refractivity contribution in [3.8, 4) is 11.1 Å². The van der Waals surface area contributed by atoms with Crippen molar-refractivity contribution >= 4 is 21.7 Å². The number of hydrogen-bond acceptors (Lipinski definition) is 3. The molecule has 0 radical (unpaired) electrons. The zero-order chi connectivity index (χ0) is 14.8. The van der Waals surface area contributed by atoms with E-state index >= 15 is 0 Å². The highest BCUT2D eigenvalue weighted by Crippen LogP contribution is 2.22. The number of anilines is 1. The molecule has 0 aromatic heterocycles. The first-order valence-corrected chi connectivity index (χ1v) is 7.66. The quantitative estimate of drug-likeness (QED) is 0.906. The van der Waals surface area contributed by atoms with Crippen LogP contribution < -0.4 is 4.72 Å². The van der Waals surface area contributed by atoms with Gasteiger partial charge < -0.3 is 5.11 Å². The van der Waals surface area contributed by atoms with Crippen molar-refractivity contribution in [2.45, 2.75) is 0 Å². The predicted octanol–water partition coefficient (Wildman–Crippen LogP) is 2.42. The zero-order valence-corrected chi connectivity index (χ0v) is 11.5. The van der Waals surface area contributed by atoms with Crippen LogP contribution in [0.3, 0.4) is 0 Å². The summed E-state index contributed by atoms with van der Waals surface area (Å²) in [5.74, 6) is -0.984. The molecule has 104 valence electrons. The fourth-order valence-corrected chi connectivity index (χ4v) is 2.34. The van der Waals surface area contributed by atoms with Crippen LogP contribution in [0.1, 0.15) is 10.4 Å². The van der Waals surface area contributed by atoms with Gasteiger partial charge in [0.2, 0.25) is 10.0 Å². The first kappa shape index (κ1) is 14.1. The molecule has 5 nitrogen and oxygen atoms in total. The minimum atomic E-state index is -3.30. The monoisotopic (exact) mass is 291 g/mol. The lowest BCUT2D eigenvalue weighted by Gasteiger charge is -2.06. The van der Waals surface area contributed by atoms with Gasteiger partial charge in [0.1, 0.15) is 0 Å². The van der Waals surface area contributed by atoms with E-state index in [1.54, 1.807) is 42.5 Å². The number of sulfonamides is 1. The van der Waals surface area contributed by atoms with Crippen molar-refractivity contribution in [2.75, 3.05) is 11.0 Å². The second-order valence-corrected chi connectivity index (χ2v) is 6.09. The number of hydrogen-bond donors (Lipinski definition) is 2. The van der Waals surface area contributed by atoms with Gasteiger partial charge in [0.15, 0.2) is 0 Å². The standard InChI is InChI=1S/C14H13NO4S/c1-20(18,19)15-13-7-5-10(6-8-13)11-3-2-4-12(9-11)14(16)17/h2-9,15H,1H3,(H,16,17). The van der Waals surface area contributed by atoms with E-state index in [0.717, 1.165) is 17.4 Å². The Morgan fingerprint density at radius 2 is 1.70 bits per heavy atom. The third-order valence-corrected chi connectivity index (χ3v) is 3.24. The molecule has 0 amide bonds. The largest absolute Gasteiger partial charge is 0.478 e. The van der Waals surface area contributed by atoms with E-state index in [2.05, 4.69) is 4.72 Å². The molecule has 2 N–H and O–H groups in total. The average molecular weight is 291 g/mol. The number of aromatic carboxylic acids is 1. The van der Waals surface area contributed by atoms with E-state index in [1.165, 1.54) is 6.07 Å². The summed E-state index contributed by atoms with van der Waals surface area (Å²) in [6.07, 6.45) is 1.08. The predicted molar refractivity (Wildman–Crippen MR) is 77.3 cm³/mol. The van der Waals surface area contributed by atoms with Crippen LogP contribution in [0.15, 0.2) is 48.5 Å². The topological polar surface area (TPSA) is 83.5 Å². The fraction of sp³-hybridized carbons (Fsp3) is 0.0714. The maximum absolute atomic E-state index is 11.1. The summed E-state index contributed by atoms with van der Waals surface area (Å²) in [7, 11) is -3.30. The maximum Gasteiger partial charge on any atom is 0.335 e.